The normalized spacial score (nSPS) is 27.8. The van der Waals surface area contributed by atoms with Crippen molar-refractivity contribution < 1.29 is 14.6 Å². The lowest BCUT2D eigenvalue weighted by Crippen LogP contribution is -2.36. The van der Waals surface area contributed by atoms with Crippen molar-refractivity contribution in [1.82, 2.24) is 9.55 Å². The Morgan fingerprint density at radius 1 is 1.50 bits per heavy atom. The Morgan fingerprint density at radius 3 is 3.00 bits per heavy atom. The lowest BCUT2D eigenvalue weighted by Gasteiger charge is -2.28. The first-order chi connectivity index (χ1) is 8.78. The molecule has 5 heteroatoms. The maximum atomic E-state index is 9.17. The van der Waals surface area contributed by atoms with Gasteiger partial charge in [0.25, 0.3) is 0 Å². The van der Waals surface area contributed by atoms with Gasteiger partial charge in [-0.15, -0.1) is 0 Å². The van der Waals surface area contributed by atoms with Gasteiger partial charge in [0.05, 0.1) is 26.1 Å². The monoisotopic (exact) mass is 254 g/mol. The van der Waals surface area contributed by atoms with Gasteiger partial charge < -0.3 is 19.1 Å². The summed E-state index contributed by atoms with van der Waals surface area (Å²) in [7, 11) is 0. The van der Waals surface area contributed by atoms with Gasteiger partial charge in [-0.3, -0.25) is 0 Å². The van der Waals surface area contributed by atoms with Gasteiger partial charge in [0.2, 0.25) is 0 Å². The van der Waals surface area contributed by atoms with E-state index in [9.17, 15) is 5.11 Å². The summed E-state index contributed by atoms with van der Waals surface area (Å²) in [6.07, 6.45) is 9.49. The van der Waals surface area contributed by atoms with Crippen LogP contribution in [0.25, 0.3) is 0 Å². The Labute approximate surface area is 108 Å². The van der Waals surface area contributed by atoms with Crippen molar-refractivity contribution in [1.29, 1.82) is 0 Å². The maximum Gasteiger partial charge on any atom is 0.186 e. The molecule has 1 aromatic rings. The first-order valence-electron chi connectivity index (χ1n) is 6.66. The molecule has 0 aliphatic carbocycles. The largest absolute Gasteiger partial charge is 0.394 e. The van der Waals surface area contributed by atoms with Crippen LogP contribution in [0.4, 0.5) is 0 Å². The van der Waals surface area contributed by atoms with Crippen molar-refractivity contribution in [3.8, 4) is 0 Å². The first kappa shape index (κ1) is 13.5. The van der Waals surface area contributed by atoms with Gasteiger partial charge in [0.15, 0.2) is 5.79 Å². The van der Waals surface area contributed by atoms with E-state index >= 15 is 0 Å². The minimum Gasteiger partial charge on any atom is -0.394 e. The molecule has 1 aromatic heterocycles. The molecule has 2 unspecified atom stereocenters. The van der Waals surface area contributed by atoms with Crippen LogP contribution in [-0.2, 0) is 16.0 Å². The molecule has 1 saturated heterocycles. The number of nitrogens with zero attached hydrogens (tertiary/aromatic N) is 2. The summed E-state index contributed by atoms with van der Waals surface area (Å²) in [5.41, 5.74) is 0. The number of aliphatic hydroxyl groups is 1. The van der Waals surface area contributed by atoms with E-state index < -0.39 is 5.79 Å². The van der Waals surface area contributed by atoms with E-state index in [1.807, 2.05) is 10.8 Å². The number of ether oxygens (including phenoxy) is 2. The molecular weight excluding hydrogens is 232 g/mol. The highest BCUT2D eigenvalue weighted by molar-refractivity contribution is 4.83. The van der Waals surface area contributed by atoms with Gasteiger partial charge in [-0.25, -0.2) is 4.98 Å². The van der Waals surface area contributed by atoms with Crippen LogP contribution >= 0.6 is 0 Å². The molecule has 2 atom stereocenters. The predicted molar refractivity (Wildman–Crippen MR) is 67.0 cm³/mol. The fourth-order valence-corrected chi connectivity index (χ4v) is 2.30. The number of hydrogen-bond acceptors (Lipinski definition) is 4. The summed E-state index contributed by atoms with van der Waals surface area (Å²) in [5, 5.41) is 9.17. The molecule has 1 aliphatic heterocycles. The third-order valence-corrected chi connectivity index (χ3v) is 3.26. The topological polar surface area (TPSA) is 56.5 Å². The third kappa shape index (κ3) is 3.31. The Balaban J connectivity index is 1.98. The zero-order valence-corrected chi connectivity index (χ0v) is 10.9. The molecule has 0 bridgehead atoms. The number of imidazole rings is 1. The van der Waals surface area contributed by atoms with Gasteiger partial charge in [-0.2, -0.15) is 0 Å². The minimum absolute atomic E-state index is 0.0133. The molecular formula is C13H22N2O3. The van der Waals surface area contributed by atoms with Crippen molar-refractivity contribution in [2.75, 3.05) is 13.2 Å². The van der Waals surface area contributed by atoms with Gasteiger partial charge in [0.1, 0.15) is 6.10 Å². The van der Waals surface area contributed by atoms with Crippen LogP contribution in [0.5, 0.6) is 0 Å². The standard InChI is InChI=1S/C13H22N2O3/c1-2-3-4-5-13(10-15-7-6-14-11-15)17-9-12(8-16)18-13/h6-7,11-12,16H,2-5,8-10H2,1H3. The van der Waals surface area contributed by atoms with E-state index in [-0.39, 0.29) is 12.7 Å². The lowest BCUT2D eigenvalue weighted by molar-refractivity contribution is -0.186. The quantitative estimate of drug-likeness (QED) is 0.750. The number of aliphatic hydroxyl groups excluding tert-OH is 1. The Morgan fingerprint density at radius 2 is 2.39 bits per heavy atom. The van der Waals surface area contributed by atoms with Crippen molar-refractivity contribution in [2.24, 2.45) is 0 Å². The predicted octanol–water partition coefficient (Wildman–Crippen LogP) is 1.57. The van der Waals surface area contributed by atoms with Crippen molar-refractivity contribution >= 4 is 0 Å². The number of unbranched alkanes of at least 4 members (excludes halogenated alkanes) is 2. The Hall–Kier alpha value is -0.910. The molecule has 5 nitrogen and oxygen atoms in total. The van der Waals surface area contributed by atoms with Crippen molar-refractivity contribution in [3.05, 3.63) is 18.7 Å². The van der Waals surface area contributed by atoms with E-state index in [0.29, 0.717) is 13.2 Å². The SMILES string of the molecule is CCCCCC1(Cn2ccnc2)OCC(CO)O1. The van der Waals surface area contributed by atoms with Crippen LogP contribution in [0.1, 0.15) is 32.6 Å². The van der Waals surface area contributed by atoms with Crippen LogP contribution in [0, 0.1) is 0 Å². The summed E-state index contributed by atoms with van der Waals surface area (Å²) in [5.74, 6) is -0.594. The van der Waals surface area contributed by atoms with E-state index in [2.05, 4.69) is 11.9 Å². The molecule has 1 fully saturated rings. The maximum absolute atomic E-state index is 9.17. The van der Waals surface area contributed by atoms with Gasteiger partial charge in [-0.1, -0.05) is 19.8 Å². The molecule has 2 heterocycles. The highest BCUT2D eigenvalue weighted by Gasteiger charge is 2.41. The number of hydrogen-bond donors (Lipinski definition) is 1. The molecule has 18 heavy (non-hydrogen) atoms. The van der Waals surface area contributed by atoms with Gasteiger partial charge in [0, 0.05) is 18.8 Å². The minimum atomic E-state index is -0.594. The van der Waals surface area contributed by atoms with E-state index in [0.717, 1.165) is 12.8 Å². The average Bonchev–Trinajstić information content (AvgIpc) is 3.00. The summed E-state index contributed by atoms with van der Waals surface area (Å²) >= 11 is 0. The van der Waals surface area contributed by atoms with Crippen molar-refractivity contribution in [2.45, 2.75) is 51.0 Å². The van der Waals surface area contributed by atoms with E-state index in [1.165, 1.54) is 12.8 Å². The summed E-state index contributed by atoms with van der Waals surface area (Å²) in [6, 6.07) is 0. The Bertz CT molecular complexity index is 342. The molecule has 0 amide bonds. The second kappa shape index (κ2) is 6.31. The van der Waals surface area contributed by atoms with Gasteiger partial charge in [-0.05, 0) is 6.42 Å². The fourth-order valence-electron chi connectivity index (χ4n) is 2.30. The van der Waals surface area contributed by atoms with Crippen LogP contribution in [0.15, 0.2) is 18.7 Å². The zero-order chi connectivity index (χ0) is 12.8. The molecule has 0 aromatic carbocycles. The molecule has 1 N–H and O–H groups in total. The Kier molecular flexibility index (Phi) is 4.74. The van der Waals surface area contributed by atoms with Crippen LogP contribution in [0.3, 0.4) is 0 Å². The van der Waals surface area contributed by atoms with E-state index in [1.54, 1.807) is 12.5 Å². The molecule has 1 aliphatic rings. The van der Waals surface area contributed by atoms with Crippen LogP contribution in [0.2, 0.25) is 0 Å². The second-order valence-corrected chi connectivity index (χ2v) is 4.84. The highest BCUT2D eigenvalue weighted by Crippen LogP contribution is 2.31. The lowest BCUT2D eigenvalue weighted by atomic mass is 10.1. The fraction of sp³-hybridized carbons (Fsp3) is 0.769. The van der Waals surface area contributed by atoms with Crippen LogP contribution < -0.4 is 0 Å². The zero-order valence-electron chi connectivity index (χ0n) is 10.9. The second-order valence-electron chi connectivity index (χ2n) is 4.84. The summed E-state index contributed by atoms with van der Waals surface area (Å²) < 4.78 is 13.7. The summed E-state index contributed by atoms with van der Waals surface area (Å²) in [4.78, 5) is 4.03. The molecule has 0 spiro atoms. The van der Waals surface area contributed by atoms with Gasteiger partial charge >= 0.3 is 0 Å². The third-order valence-electron chi connectivity index (χ3n) is 3.26. The van der Waals surface area contributed by atoms with E-state index in [4.69, 9.17) is 9.47 Å². The average molecular weight is 254 g/mol. The van der Waals surface area contributed by atoms with Crippen LogP contribution in [-0.4, -0.2) is 39.8 Å². The molecule has 102 valence electrons. The highest BCUT2D eigenvalue weighted by atomic mass is 16.7. The molecule has 0 saturated carbocycles. The summed E-state index contributed by atoms with van der Waals surface area (Å²) in [6.45, 7) is 3.29. The smallest absolute Gasteiger partial charge is 0.186 e. The first-order valence-corrected chi connectivity index (χ1v) is 6.66. The molecule has 2 rings (SSSR count). The number of aromatic nitrogens is 2. The van der Waals surface area contributed by atoms with Crippen molar-refractivity contribution in [3.63, 3.8) is 0 Å². The number of rotatable bonds is 7. The molecule has 0 radical (unpaired) electrons.